The summed E-state index contributed by atoms with van der Waals surface area (Å²) in [6.45, 7) is 2.86. The van der Waals surface area contributed by atoms with Crippen LogP contribution >= 0.6 is 0 Å². The van der Waals surface area contributed by atoms with Crippen molar-refractivity contribution in [1.82, 2.24) is 5.32 Å². The second-order valence-electron chi connectivity index (χ2n) is 4.99. The molecule has 0 aliphatic carbocycles. The summed E-state index contributed by atoms with van der Waals surface area (Å²) in [7, 11) is 0. The van der Waals surface area contributed by atoms with E-state index in [9.17, 15) is 18.0 Å². The van der Waals surface area contributed by atoms with E-state index in [1.807, 2.05) is 6.92 Å². The van der Waals surface area contributed by atoms with E-state index < -0.39 is 17.6 Å². The zero-order valence-electron chi connectivity index (χ0n) is 12.0. The minimum Gasteiger partial charge on any atom is -0.352 e. The maximum Gasteiger partial charge on any atom is 0.417 e. The highest BCUT2D eigenvalue weighted by Gasteiger charge is 2.34. The number of carbonyl (C=O) groups is 1. The van der Waals surface area contributed by atoms with Gasteiger partial charge in [-0.15, -0.1) is 0 Å². The summed E-state index contributed by atoms with van der Waals surface area (Å²) in [5, 5.41) is 2.59. The predicted molar refractivity (Wildman–Crippen MR) is 75.8 cm³/mol. The first-order valence-corrected chi connectivity index (χ1v) is 7.04. The largest absolute Gasteiger partial charge is 0.417 e. The van der Waals surface area contributed by atoms with E-state index in [1.54, 1.807) is 0 Å². The van der Waals surface area contributed by atoms with Gasteiger partial charge < -0.3 is 11.1 Å². The van der Waals surface area contributed by atoms with Crippen molar-refractivity contribution < 1.29 is 18.0 Å². The summed E-state index contributed by atoms with van der Waals surface area (Å²) in [6, 6.07) is 4.80. The number of nitrogens with two attached hydrogens (primary N) is 1. The number of nitrogens with one attached hydrogen (secondary N) is 1. The zero-order chi connectivity index (χ0) is 15.9. The first-order valence-electron chi connectivity index (χ1n) is 7.04. The van der Waals surface area contributed by atoms with Gasteiger partial charge >= 0.3 is 6.18 Å². The molecule has 6 heteroatoms. The third-order valence-corrected chi connectivity index (χ3v) is 3.30. The predicted octanol–water partition coefficient (Wildman–Crippen LogP) is 3.20. The molecule has 21 heavy (non-hydrogen) atoms. The molecular weight excluding hydrogens is 281 g/mol. The van der Waals surface area contributed by atoms with Crippen molar-refractivity contribution >= 4 is 5.91 Å². The number of halogens is 3. The fourth-order valence-electron chi connectivity index (χ4n) is 2.25. The highest BCUT2D eigenvalue weighted by molar-refractivity contribution is 5.95. The summed E-state index contributed by atoms with van der Waals surface area (Å²) in [5.74, 6) is -0.497. The molecule has 0 aliphatic rings. The molecule has 1 unspecified atom stereocenters. The molecule has 0 saturated carbocycles. The van der Waals surface area contributed by atoms with Crippen molar-refractivity contribution in [3.8, 4) is 0 Å². The molecular formula is C15H21F3N2O. The Hall–Kier alpha value is -1.56. The third-order valence-electron chi connectivity index (χ3n) is 3.30. The van der Waals surface area contributed by atoms with Crippen LogP contribution in [0.2, 0.25) is 0 Å². The van der Waals surface area contributed by atoms with Crippen LogP contribution in [0.25, 0.3) is 0 Å². The van der Waals surface area contributed by atoms with Crippen molar-refractivity contribution in [2.75, 3.05) is 13.1 Å². The molecule has 1 atom stereocenters. The SMILES string of the molecule is CCCC(CCN)CNC(=O)c1ccccc1C(F)(F)F. The monoisotopic (exact) mass is 302 g/mol. The average molecular weight is 302 g/mol. The van der Waals surface area contributed by atoms with E-state index in [2.05, 4.69) is 5.32 Å². The summed E-state index contributed by atoms with van der Waals surface area (Å²) >= 11 is 0. The number of carbonyl (C=O) groups excluding carboxylic acids is 1. The maximum absolute atomic E-state index is 12.9. The summed E-state index contributed by atoms with van der Waals surface area (Å²) < 4.78 is 38.6. The molecule has 3 nitrogen and oxygen atoms in total. The van der Waals surface area contributed by atoms with Crippen molar-refractivity contribution in [2.24, 2.45) is 11.7 Å². The first-order chi connectivity index (χ1) is 9.90. The van der Waals surface area contributed by atoms with Crippen LogP contribution in [0, 0.1) is 5.92 Å². The van der Waals surface area contributed by atoms with Gasteiger partial charge in [-0.3, -0.25) is 4.79 Å². The molecule has 1 aromatic carbocycles. The number of alkyl halides is 3. The van der Waals surface area contributed by atoms with Crippen LogP contribution in [0.5, 0.6) is 0 Å². The van der Waals surface area contributed by atoms with Crippen LogP contribution in [-0.4, -0.2) is 19.0 Å². The smallest absolute Gasteiger partial charge is 0.352 e. The lowest BCUT2D eigenvalue weighted by Crippen LogP contribution is -2.31. The van der Waals surface area contributed by atoms with Gasteiger partial charge in [0, 0.05) is 6.54 Å². The summed E-state index contributed by atoms with van der Waals surface area (Å²) in [5.41, 5.74) is 4.25. The molecule has 0 saturated heterocycles. The Morgan fingerprint density at radius 1 is 1.29 bits per heavy atom. The third kappa shape index (κ3) is 5.38. The molecule has 0 aliphatic heterocycles. The number of hydrogen-bond donors (Lipinski definition) is 2. The Bertz CT molecular complexity index is 454. The van der Waals surface area contributed by atoms with Crippen molar-refractivity contribution in [2.45, 2.75) is 32.4 Å². The molecule has 0 fully saturated rings. The first kappa shape index (κ1) is 17.5. The second kappa shape index (κ2) is 8.02. The van der Waals surface area contributed by atoms with E-state index in [4.69, 9.17) is 5.73 Å². The van der Waals surface area contributed by atoms with Crippen LogP contribution < -0.4 is 11.1 Å². The van der Waals surface area contributed by atoms with Crippen LogP contribution in [0.3, 0.4) is 0 Å². The van der Waals surface area contributed by atoms with Gasteiger partial charge in [0.1, 0.15) is 0 Å². The normalized spacial score (nSPS) is 13.0. The molecule has 0 spiro atoms. The Kier molecular flexibility index (Phi) is 6.68. The van der Waals surface area contributed by atoms with Crippen molar-refractivity contribution in [3.05, 3.63) is 35.4 Å². The molecule has 1 rings (SSSR count). The minimum absolute atomic E-state index is 0.196. The van der Waals surface area contributed by atoms with Crippen LogP contribution in [-0.2, 0) is 6.18 Å². The van der Waals surface area contributed by atoms with Gasteiger partial charge in [0.05, 0.1) is 11.1 Å². The lowest BCUT2D eigenvalue weighted by molar-refractivity contribution is -0.137. The molecule has 0 radical (unpaired) electrons. The fraction of sp³-hybridized carbons (Fsp3) is 0.533. The van der Waals surface area contributed by atoms with Gasteiger partial charge in [-0.2, -0.15) is 13.2 Å². The van der Waals surface area contributed by atoms with Gasteiger partial charge in [-0.1, -0.05) is 25.5 Å². The quantitative estimate of drug-likeness (QED) is 0.812. The number of hydrogen-bond acceptors (Lipinski definition) is 2. The standard InChI is InChI=1S/C15H21F3N2O/c1-2-5-11(8-9-19)10-20-14(21)12-6-3-4-7-13(12)15(16,17)18/h3-4,6-7,11H,2,5,8-10,19H2,1H3,(H,20,21). The second-order valence-corrected chi connectivity index (χ2v) is 4.99. The van der Waals surface area contributed by atoms with E-state index in [0.29, 0.717) is 13.1 Å². The summed E-state index contributed by atoms with van der Waals surface area (Å²) in [6.07, 6.45) is -1.96. The number of benzene rings is 1. The molecule has 1 amide bonds. The Morgan fingerprint density at radius 3 is 2.52 bits per heavy atom. The Balaban J connectivity index is 2.76. The van der Waals surface area contributed by atoms with Gasteiger partial charge in [0.25, 0.3) is 5.91 Å². The average Bonchev–Trinajstić information content (AvgIpc) is 2.44. The molecule has 0 bridgehead atoms. The van der Waals surface area contributed by atoms with Crippen molar-refractivity contribution in [3.63, 3.8) is 0 Å². The van der Waals surface area contributed by atoms with Gasteiger partial charge in [0.15, 0.2) is 0 Å². The Labute approximate surface area is 122 Å². The van der Waals surface area contributed by atoms with Crippen molar-refractivity contribution in [1.29, 1.82) is 0 Å². The van der Waals surface area contributed by atoms with Crippen LogP contribution in [0.15, 0.2) is 24.3 Å². The number of rotatable bonds is 7. The molecule has 0 heterocycles. The minimum atomic E-state index is -4.53. The van der Waals surface area contributed by atoms with E-state index in [-0.39, 0.29) is 11.5 Å². The topological polar surface area (TPSA) is 55.1 Å². The maximum atomic E-state index is 12.9. The molecule has 3 N–H and O–H groups in total. The highest BCUT2D eigenvalue weighted by Crippen LogP contribution is 2.31. The van der Waals surface area contributed by atoms with E-state index in [0.717, 1.165) is 25.3 Å². The fourth-order valence-corrected chi connectivity index (χ4v) is 2.25. The molecule has 118 valence electrons. The number of amides is 1. The van der Waals surface area contributed by atoms with E-state index in [1.165, 1.54) is 18.2 Å². The van der Waals surface area contributed by atoms with Crippen LogP contribution in [0.4, 0.5) is 13.2 Å². The highest BCUT2D eigenvalue weighted by atomic mass is 19.4. The van der Waals surface area contributed by atoms with Gasteiger partial charge in [-0.25, -0.2) is 0 Å². The Morgan fingerprint density at radius 2 is 1.95 bits per heavy atom. The summed E-state index contributed by atoms with van der Waals surface area (Å²) in [4.78, 5) is 12.0. The van der Waals surface area contributed by atoms with Gasteiger partial charge in [-0.05, 0) is 37.4 Å². The molecule has 0 aromatic heterocycles. The lowest BCUT2D eigenvalue weighted by atomic mass is 9.99. The van der Waals surface area contributed by atoms with E-state index >= 15 is 0 Å². The lowest BCUT2D eigenvalue weighted by Gasteiger charge is -2.17. The molecule has 1 aromatic rings. The van der Waals surface area contributed by atoms with Crippen LogP contribution in [0.1, 0.15) is 42.1 Å². The van der Waals surface area contributed by atoms with Gasteiger partial charge in [0.2, 0.25) is 0 Å². The zero-order valence-corrected chi connectivity index (χ0v) is 12.0.